The first-order valence-electron chi connectivity index (χ1n) is 6.11. The molecule has 0 atom stereocenters. The molecular weight excluding hydrogens is 278 g/mol. The molecule has 20 heavy (non-hydrogen) atoms. The molecule has 0 aliphatic carbocycles. The van der Waals surface area contributed by atoms with Crippen molar-refractivity contribution in [2.75, 3.05) is 0 Å². The highest BCUT2D eigenvalue weighted by molar-refractivity contribution is 6.31. The summed E-state index contributed by atoms with van der Waals surface area (Å²) >= 11 is 6.04. The maximum absolute atomic E-state index is 10.7. The fraction of sp³-hybridized carbons (Fsp3) is 0.214. The molecule has 0 aliphatic rings. The molecule has 5 nitrogen and oxygen atoms in total. The van der Waals surface area contributed by atoms with Crippen LogP contribution in [0.15, 0.2) is 36.7 Å². The van der Waals surface area contributed by atoms with Crippen LogP contribution in [0.3, 0.4) is 0 Å². The predicted octanol–water partition coefficient (Wildman–Crippen LogP) is 3.24. The number of hydrogen-bond donors (Lipinski definition) is 1. The molecular formula is C14H14ClN3O2. The quantitative estimate of drug-likeness (QED) is 0.678. The van der Waals surface area contributed by atoms with Gasteiger partial charge in [-0.15, -0.1) is 0 Å². The van der Waals surface area contributed by atoms with Crippen molar-refractivity contribution in [2.45, 2.75) is 20.0 Å². The zero-order chi connectivity index (χ0) is 14.5. The molecule has 0 radical (unpaired) electrons. The van der Waals surface area contributed by atoms with Gasteiger partial charge in [-0.3, -0.25) is 15.1 Å². The zero-order valence-electron chi connectivity index (χ0n) is 11.0. The Morgan fingerprint density at radius 3 is 2.75 bits per heavy atom. The van der Waals surface area contributed by atoms with E-state index < -0.39 is 4.92 Å². The van der Waals surface area contributed by atoms with Gasteiger partial charge in [-0.25, -0.2) is 0 Å². The molecule has 0 fully saturated rings. The van der Waals surface area contributed by atoms with Crippen molar-refractivity contribution >= 4 is 17.3 Å². The molecule has 2 rings (SSSR count). The second-order valence-electron chi connectivity index (χ2n) is 4.44. The number of pyridine rings is 1. The van der Waals surface area contributed by atoms with E-state index in [9.17, 15) is 10.1 Å². The van der Waals surface area contributed by atoms with Crippen LogP contribution in [-0.4, -0.2) is 9.91 Å². The molecule has 1 aromatic carbocycles. The maximum atomic E-state index is 10.7. The minimum Gasteiger partial charge on any atom is -0.309 e. The van der Waals surface area contributed by atoms with Crippen LogP contribution in [0, 0.1) is 17.0 Å². The number of hydrogen-bond acceptors (Lipinski definition) is 4. The largest absolute Gasteiger partial charge is 0.309 e. The van der Waals surface area contributed by atoms with Crippen LogP contribution in [0.5, 0.6) is 0 Å². The molecule has 0 spiro atoms. The van der Waals surface area contributed by atoms with Gasteiger partial charge in [-0.2, -0.15) is 0 Å². The van der Waals surface area contributed by atoms with Crippen LogP contribution in [0.25, 0.3) is 0 Å². The molecule has 0 unspecified atom stereocenters. The monoisotopic (exact) mass is 291 g/mol. The Bertz CT molecular complexity index is 632. The number of aryl methyl sites for hydroxylation is 1. The lowest BCUT2D eigenvalue weighted by atomic mass is 10.1. The number of nitrogens with one attached hydrogen (secondary N) is 1. The summed E-state index contributed by atoms with van der Waals surface area (Å²) in [6.45, 7) is 3.13. The second kappa shape index (κ2) is 6.45. The predicted molar refractivity (Wildman–Crippen MR) is 77.6 cm³/mol. The minimum absolute atomic E-state index is 0.0475. The van der Waals surface area contributed by atoms with Crippen LogP contribution in [-0.2, 0) is 13.1 Å². The summed E-state index contributed by atoms with van der Waals surface area (Å²) in [4.78, 5) is 14.3. The van der Waals surface area contributed by atoms with E-state index in [1.54, 1.807) is 18.5 Å². The number of nitro groups is 1. The number of aromatic nitrogens is 1. The van der Waals surface area contributed by atoms with E-state index in [4.69, 9.17) is 11.6 Å². The number of benzene rings is 1. The van der Waals surface area contributed by atoms with Crippen molar-refractivity contribution in [2.24, 2.45) is 0 Å². The lowest BCUT2D eigenvalue weighted by molar-refractivity contribution is -0.384. The van der Waals surface area contributed by atoms with Gasteiger partial charge in [0.2, 0.25) is 0 Å². The van der Waals surface area contributed by atoms with E-state index in [-0.39, 0.29) is 5.69 Å². The molecule has 0 bridgehead atoms. The van der Waals surface area contributed by atoms with Crippen molar-refractivity contribution < 1.29 is 4.92 Å². The van der Waals surface area contributed by atoms with Crippen LogP contribution in [0.2, 0.25) is 5.02 Å². The van der Waals surface area contributed by atoms with Crippen molar-refractivity contribution in [3.8, 4) is 0 Å². The summed E-state index contributed by atoms with van der Waals surface area (Å²) in [5.41, 5.74) is 3.01. The van der Waals surface area contributed by atoms with E-state index in [0.29, 0.717) is 23.7 Å². The minimum atomic E-state index is -0.424. The number of rotatable bonds is 5. The Balaban J connectivity index is 2.02. The van der Waals surface area contributed by atoms with Crippen LogP contribution in [0.1, 0.15) is 16.7 Å². The third-order valence-electron chi connectivity index (χ3n) is 3.01. The Morgan fingerprint density at radius 1 is 1.30 bits per heavy atom. The maximum Gasteiger partial charge on any atom is 0.269 e. The summed E-state index contributed by atoms with van der Waals surface area (Å²) in [5, 5.41) is 14.5. The van der Waals surface area contributed by atoms with E-state index in [0.717, 1.165) is 11.1 Å². The number of halogens is 1. The summed E-state index contributed by atoms with van der Waals surface area (Å²) < 4.78 is 0. The van der Waals surface area contributed by atoms with Gasteiger partial charge < -0.3 is 5.32 Å². The highest BCUT2D eigenvalue weighted by Gasteiger charge is 2.09. The topological polar surface area (TPSA) is 68.1 Å². The molecule has 6 heteroatoms. The fourth-order valence-electron chi connectivity index (χ4n) is 1.84. The zero-order valence-corrected chi connectivity index (χ0v) is 11.7. The molecule has 0 saturated heterocycles. The SMILES string of the molecule is Cc1cnccc1CNCc1cc([N+](=O)[O-])ccc1Cl. The fourth-order valence-corrected chi connectivity index (χ4v) is 2.03. The van der Waals surface area contributed by atoms with Crippen LogP contribution >= 0.6 is 11.6 Å². The smallest absolute Gasteiger partial charge is 0.269 e. The normalized spacial score (nSPS) is 10.5. The van der Waals surface area contributed by atoms with E-state index in [2.05, 4.69) is 10.3 Å². The standard InChI is InChI=1S/C14H14ClN3O2/c1-10-7-16-5-4-11(10)8-17-9-12-6-13(18(19)20)2-3-14(12)15/h2-7,17H,8-9H2,1H3. The lowest BCUT2D eigenvalue weighted by Gasteiger charge is -2.08. The number of nitrogens with zero attached hydrogens (tertiary/aromatic N) is 2. The van der Waals surface area contributed by atoms with Crippen molar-refractivity contribution in [1.82, 2.24) is 10.3 Å². The molecule has 0 aliphatic heterocycles. The van der Waals surface area contributed by atoms with Crippen molar-refractivity contribution in [3.63, 3.8) is 0 Å². The average molecular weight is 292 g/mol. The van der Waals surface area contributed by atoms with Gasteiger partial charge in [-0.05, 0) is 35.7 Å². The first kappa shape index (κ1) is 14.4. The average Bonchev–Trinajstić information content (AvgIpc) is 2.42. The van der Waals surface area contributed by atoms with E-state index >= 15 is 0 Å². The Labute approximate surface area is 121 Å². The van der Waals surface area contributed by atoms with Crippen molar-refractivity contribution in [1.29, 1.82) is 0 Å². The van der Waals surface area contributed by atoms with Gasteiger partial charge in [0.25, 0.3) is 5.69 Å². The van der Waals surface area contributed by atoms with Gasteiger partial charge in [0.1, 0.15) is 0 Å². The summed E-state index contributed by atoms with van der Waals surface area (Å²) in [6, 6.07) is 6.39. The summed E-state index contributed by atoms with van der Waals surface area (Å²) in [5.74, 6) is 0. The molecule has 2 aromatic rings. The first-order chi connectivity index (χ1) is 9.58. The lowest BCUT2D eigenvalue weighted by Crippen LogP contribution is -2.14. The highest BCUT2D eigenvalue weighted by Crippen LogP contribution is 2.22. The van der Waals surface area contributed by atoms with Gasteiger partial charge in [0.15, 0.2) is 0 Å². The van der Waals surface area contributed by atoms with Gasteiger partial charge in [0, 0.05) is 42.6 Å². The Hall–Kier alpha value is -1.98. The van der Waals surface area contributed by atoms with Gasteiger partial charge in [-0.1, -0.05) is 11.6 Å². The van der Waals surface area contributed by atoms with Gasteiger partial charge in [0.05, 0.1) is 4.92 Å². The third kappa shape index (κ3) is 3.53. The molecule has 0 saturated carbocycles. The molecule has 104 valence electrons. The van der Waals surface area contributed by atoms with E-state index in [1.807, 2.05) is 13.0 Å². The van der Waals surface area contributed by atoms with E-state index in [1.165, 1.54) is 12.1 Å². The molecule has 1 heterocycles. The Kier molecular flexibility index (Phi) is 4.65. The summed E-state index contributed by atoms with van der Waals surface area (Å²) in [7, 11) is 0. The number of non-ortho nitro benzene ring substituents is 1. The number of nitro benzene ring substituents is 1. The summed E-state index contributed by atoms with van der Waals surface area (Å²) in [6.07, 6.45) is 3.54. The van der Waals surface area contributed by atoms with Crippen LogP contribution < -0.4 is 5.32 Å². The highest BCUT2D eigenvalue weighted by atomic mass is 35.5. The van der Waals surface area contributed by atoms with Crippen LogP contribution in [0.4, 0.5) is 5.69 Å². The molecule has 1 N–H and O–H groups in total. The Morgan fingerprint density at radius 2 is 2.05 bits per heavy atom. The molecule has 1 aromatic heterocycles. The first-order valence-corrected chi connectivity index (χ1v) is 6.49. The third-order valence-corrected chi connectivity index (χ3v) is 3.38. The van der Waals surface area contributed by atoms with Gasteiger partial charge >= 0.3 is 0 Å². The van der Waals surface area contributed by atoms with Crippen molar-refractivity contribution in [3.05, 3.63) is 68.5 Å². The molecule has 0 amide bonds. The second-order valence-corrected chi connectivity index (χ2v) is 4.85.